The van der Waals surface area contributed by atoms with E-state index >= 15 is 0 Å². The lowest BCUT2D eigenvalue weighted by Crippen LogP contribution is -2.51. The van der Waals surface area contributed by atoms with Crippen LogP contribution in [0.5, 0.6) is 0 Å². The first-order chi connectivity index (χ1) is 9.65. The third kappa shape index (κ3) is 2.24. The smallest absolute Gasteiger partial charge is 0.254 e. The van der Waals surface area contributed by atoms with Crippen LogP contribution in [-0.4, -0.2) is 53.0 Å². The van der Waals surface area contributed by atoms with E-state index in [4.69, 9.17) is 0 Å². The summed E-state index contributed by atoms with van der Waals surface area (Å²) in [4.78, 5) is 17.9. The lowest BCUT2D eigenvalue weighted by molar-refractivity contribution is 0.0476. The van der Waals surface area contributed by atoms with Crippen LogP contribution in [0.2, 0.25) is 0 Å². The SMILES string of the molecule is CN(C)c1cccc(C(=O)N2CC(n3nccn3)C2)c1. The van der Waals surface area contributed by atoms with Crippen molar-refractivity contribution in [2.45, 2.75) is 6.04 Å². The molecule has 1 aliphatic rings. The summed E-state index contributed by atoms with van der Waals surface area (Å²) in [5.74, 6) is 0.0668. The predicted molar refractivity (Wildman–Crippen MR) is 75.7 cm³/mol. The fraction of sp³-hybridized carbons (Fsp3) is 0.357. The molecule has 1 aromatic heterocycles. The van der Waals surface area contributed by atoms with Crippen molar-refractivity contribution in [3.63, 3.8) is 0 Å². The maximum absolute atomic E-state index is 12.4. The molecule has 6 nitrogen and oxygen atoms in total. The zero-order chi connectivity index (χ0) is 14.1. The Hall–Kier alpha value is -2.37. The van der Waals surface area contributed by atoms with Crippen molar-refractivity contribution in [3.05, 3.63) is 42.2 Å². The molecule has 0 N–H and O–H groups in total. The second-order valence-corrected chi connectivity index (χ2v) is 5.16. The van der Waals surface area contributed by atoms with Crippen LogP contribution in [0.3, 0.4) is 0 Å². The molecular formula is C14H17N5O. The highest BCUT2D eigenvalue weighted by molar-refractivity contribution is 5.95. The molecule has 1 amide bonds. The number of hydrogen-bond donors (Lipinski definition) is 0. The van der Waals surface area contributed by atoms with Gasteiger partial charge in [-0.1, -0.05) is 6.07 Å². The molecule has 20 heavy (non-hydrogen) atoms. The molecule has 1 fully saturated rings. The average Bonchev–Trinajstić information content (AvgIpc) is 2.91. The van der Waals surface area contributed by atoms with Gasteiger partial charge in [0.05, 0.1) is 12.4 Å². The molecule has 3 rings (SSSR count). The summed E-state index contributed by atoms with van der Waals surface area (Å²) in [5.41, 5.74) is 1.75. The Balaban J connectivity index is 1.67. The number of aromatic nitrogens is 3. The third-order valence-corrected chi connectivity index (χ3v) is 3.52. The van der Waals surface area contributed by atoms with Crippen molar-refractivity contribution in [1.82, 2.24) is 19.9 Å². The van der Waals surface area contributed by atoms with Crippen LogP contribution < -0.4 is 4.90 Å². The number of carbonyl (C=O) groups excluding carboxylic acids is 1. The molecule has 6 heteroatoms. The highest BCUT2D eigenvalue weighted by Gasteiger charge is 2.33. The van der Waals surface area contributed by atoms with Gasteiger partial charge in [-0.3, -0.25) is 4.79 Å². The largest absolute Gasteiger partial charge is 0.378 e. The van der Waals surface area contributed by atoms with Gasteiger partial charge in [-0.15, -0.1) is 0 Å². The van der Waals surface area contributed by atoms with E-state index < -0.39 is 0 Å². The van der Waals surface area contributed by atoms with Crippen molar-refractivity contribution in [2.75, 3.05) is 32.1 Å². The van der Waals surface area contributed by atoms with Crippen LogP contribution in [0.1, 0.15) is 16.4 Å². The molecule has 0 unspecified atom stereocenters. The first-order valence-electron chi connectivity index (χ1n) is 6.57. The van der Waals surface area contributed by atoms with E-state index in [9.17, 15) is 4.79 Å². The van der Waals surface area contributed by atoms with Crippen molar-refractivity contribution in [1.29, 1.82) is 0 Å². The Bertz CT molecular complexity index is 602. The molecule has 0 bridgehead atoms. The quantitative estimate of drug-likeness (QED) is 0.837. The van der Waals surface area contributed by atoms with Crippen LogP contribution >= 0.6 is 0 Å². The maximum Gasteiger partial charge on any atom is 0.254 e. The van der Waals surface area contributed by atoms with Crippen molar-refractivity contribution in [2.24, 2.45) is 0 Å². The standard InChI is InChI=1S/C14H17N5O/c1-17(2)12-5-3-4-11(8-12)14(20)18-9-13(10-18)19-15-6-7-16-19/h3-8,13H,9-10H2,1-2H3. The summed E-state index contributed by atoms with van der Waals surface area (Å²) in [6.45, 7) is 1.33. The third-order valence-electron chi connectivity index (χ3n) is 3.52. The maximum atomic E-state index is 12.4. The number of hydrogen-bond acceptors (Lipinski definition) is 4. The predicted octanol–water partition coefficient (Wildman–Crippen LogP) is 1.04. The first kappa shape index (κ1) is 12.7. The highest BCUT2D eigenvalue weighted by Crippen LogP contribution is 2.23. The first-order valence-corrected chi connectivity index (χ1v) is 6.57. The van der Waals surface area contributed by atoms with E-state index in [0.717, 1.165) is 11.3 Å². The Morgan fingerprint density at radius 3 is 2.60 bits per heavy atom. The van der Waals surface area contributed by atoms with Gasteiger partial charge in [0.15, 0.2) is 0 Å². The summed E-state index contributed by atoms with van der Waals surface area (Å²) in [6.07, 6.45) is 3.32. The fourth-order valence-electron chi connectivity index (χ4n) is 2.28. The van der Waals surface area contributed by atoms with Gasteiger partial charge in [0.1, 0.15) is 6.04 Å². The summed E-state index contributed by atoms with van der Waals surface area (Å²) in [7, 11) is 3.93. The van der Waals surface area contributed by atoms with Gasteiger partial charge in [-0.2, -0.15) is 15.0 Å². The minimum atomic E-state index is 0.0668. The Labute approximate surface area is 117 Å². The van der Waals surface area contributed by atoms with E-state index in [1.165, 1.54) is 0 Å². The molecule has 1 aromatic carbocycles. The fourth-order valence-corrected chi connectivity index (χ4v) is 2.28. The number of anilines is 1. The highest BCUT2D eigenvalue weighted by atomic mass is 16.2. The number of amides is 1. The average molecular weight is 271 g/mol. The van der Waals surface area contributed by atoms with Crippen molar-refractivity contribution < 1.29 is 4.79 Å². The minimum absolute atomic E-state index is 0.0668. The van der Waals surface area contributed by atoms with E-state index in [0.29, 0.717) is 13.1 Å². The summed E-state index contributed by atoms with van der Waals surface area (Å²) >= 11 is 0. The van der Waals surface area contributed by atoms with Gasteiger partial charge < -0.3 is 9.80 Å². The molecule has 0 aliphatic carbocycles. The van der Waals surface area contributed by atoms with Gasteiger partial charge >= 0.3 is 0 Å². The Morgan fingerprint density at radius 1 is 1.25 bits per heavy atom. The summed E-state index contributed by atoms with van der Waals surface area (Å²) in [5, 5.41) is 8.21. The molecule has 0 radical (unpaired) electrons. The van der Waals surface area contributed by atoms with Crippen molar-refractivity contribution in [3.8, 4) is 0 Å². The zero-order valence-corrected chi connectivity index (χ0v) is 11.6. The molecule has 2 aromatic rings. The van der Waals surface area contributed by atoms with E-state index in [1.54, 1.807) is 17.2 Å². The van der Waals surface area contributed by atoms with Gasteiger partial charge in [0.25, 0.3) is 5.91 Å². The number of nitrogens with zero attached hydrogens (tertiary/aromatic N) is 5. The number of carbonyl (C=O) groups is 1. The topological polar surface area (TPSA) is 54.3 Å². The van der Waals surface area contributed by atoms with Crippen LogP contribution in [0.15, 0.2) is 36.7 Å². The molecule has 0 atom stereocenters. The van der Waals surface area contributed by atoms with E-state index in [-0.39, 0.29) is 11.9 Å². The van der Waals surface area contributed by atoms with Gasteiger partial charge in [0, 0.05) is 38.4 Å². The Morgan fingerprint density at radius 2 is 1.95 bits per heavy atom. The molecule has 0 spiro atoms. The van der Waals surface area contributed by atoms with Gasteiger partial charge in [0.2, 0.25) is 0 Å². The number of benzene rings is 1. The zero-order valence-electron chi connectivity index (χ0n) is 11.6. The number of likely N-dealkylation sites (tertiary alicyclic amines) is 1. The molecule has 1 saturated heterocycles. The normalized spacial score (nSPS) is 15.0. The second kappa shape index (κ2) is 4.96. The second-order valence-electron chi connectivity index (χ2n) is 5.16. The summed E-state index contributed by atoms with van der Waals surface area (Å²) in [6, 6.07) is 7.88. The van der Waals surface area contributed by atoms with Crippen LogP contribution in [0.4, 0.5) is 5.69 Å². The van der Waals surface area contributed by atoms with Crippen LogP contribution in [0, 0.1) is 0 Å². The minimum Gasteiger partial charge on any atom is -0.378 e. The lowest BCUT2D eigenvalue weighted by atomic mass is 10.1. The number of rotatable bonds is 3. The molecule has 0 saturated carbocycles. The van der Waals surface area contributed by atoms with E-state index in [2.05, 4.69) is 10.2 Å². The van der Waals surface area contributed by atoms with Crippen LogP contribution in [-0.2, 0) is 0 Å². The van der Waals surface area contributed by atoms with Crippen molar-refractivity contribution >= 4 is 11.6 Å². The van der Waals surface area contributed by atoms with E-state index in [1.807, 2.05) is 48.2 Å². The molecule has 1 aliphatic heterocycles. The molecular weight excluding hydrogens is 254 g/mol. The Kier molecular flexibility index (Phi) is 3.14. The van der Waals surface area contributed by atoms with Gasteiger partial charge in [-0.25, -0.2) is 0 Å². The molecule has 104 valence electrons. The van der Waals surface area contributed by atoms with Gasteiger partial charge in [-0.05, 0) is 18.2 Å². The monoisotopic (exact) mass is 271 g/mol. The summed E-state index contributed by atoms with van der Waals surface area (Å²) < 4.78 is 0. The molecule has 2 heterocycles. The van der Waals surface area contributed by atoms with Crippen LogP contribution in [0.25, 0.3) is 0 Å². The lowest BCUT2D eigenvalue weighted by Gasteiger charge is -2.38.